The van der Waals surface area contributed by atoms with E-state index in [1.165, 1.54) is 4.90 Å². The highest BCUT2D eigenvalue weighted by Gasteiger charge is 1.93. The van der Waals surface area contributed by atoms with E-state index in [4.69, 9.17) is 0 Å². The summed E-state index contributed by atoms with van der Waals surface area (Å²) in [5.41, 5.74) is 0. The van der Waals surface area contributed by atoms with Gasteiger partial charge >= 0.3 is 0 Å². The van der Waals surface area contributed by atoms with Gasteiger partial charge < -0.3 is 0 Å². The van der Waals surface area contributed by atoms with E-state index in [9.17, 15) is 0 Å². The van der Waals surface area contributed by atoms with Crippen LogP contribution in [0.15, 0.2) is 22.2 Å². The van der Waals surface area contributed by atoms with Gasteiger partial charge in [0.1, 0.15) is 5.03 Å². The third-order valence-electron chi connectivity index (χ3n) is 1.05. The smallest absolute Gasteiger partial charge is 0.120 e. The van der Waals surface area contributed by atoms with Crippen molar-refractivity contribution in [1.82, 2.24) is 10.2 Å². The van der Waals surface area contributed by atoms with E-state index in [0.29, 0.717) is 0 Å². The SMILES string of the molecule is CSc1cnnc(SC)c1. The molecule has 0 aromatic carbocycles. The Hall–Kier alpha value is -0.220. The van der Waals surface area contributed by atoms with Gasteiger partial charge in [-0.15, -0.1) is 28.6 Å². The van der Waals surface area contributed by atoms with E-state index in [-0.39, 0.29) is 0 Å². The minimum Gasteiger partial charge on any atom is -0.157 e. The molecule has 0 atom stereocenters. The quantitative estimate of drug-likeness (QED) is 0.636. The number of nitrogens with zero attached hydrogens (tertiary/aromatic N) is 2. The second-order valence-corrected chi connectivity index (χ2v) is 3.34. The molecular formula is C6H8N2S2. The lowest BCUT2D eigenvalue weighted by Gasteiger charge is -1.95. The number of rotatable bonds is 2. The van der Waals surface area contributed by atoms with Crippen molar-refractivity contribution < 1.29 is 0 Å². The lowest BCUT2D eigenvalue weighted by molar-refractivity contribution is 0.901. The van der Waals surface area contributed by atoms with E-state index in [1.54, 1.807) is 29.7 Å². The molecule has 4 heteroatoms. The summed E-state index contributed by atoms with van der Waals surface area (Å²) >= 11 is 3.29. The molecule has 0 aliphatic heterocycles. The highest BCUT2D eigenvalue weighted by molar-refractivity contribution is 7.99. The van der Waals surface area contributed by atoms with Crippen LogP contribution in [0.5, 0.6) is 0 Å². The minimum atomic E-state index is 0.979. The molecule has 0 aliphatic carbocycles. The maximum atomic E-state index is 3.91. The molecule has 0 spiro atoms. The summed E-state index contributed by atoms with van der Waals surface area (Å²) in [6.45, 7) is 0. The second kappa shape index (κ2) is 3.83. The normalized spacial score (nSPS) is 9.80. The average Bonchev–Trinajstić information content (AvgIpc) is 2.05. The van der Waals surface area contributed by atoms with Gasteiger partial charge in [0.2, 0.25) is 0 Å². The van der Waals surface area contributed by atoms with Crippen LogP contribution in [-0.2, 0) is 0 Å². The van der Waals surface area contributed by atoms with Crippen LogP contribution in [0.25, 0.3) is 0 Å². The highest BCUT2D eigenvalue weighted by Crippen LogP contribution is 2.17. The van der Waals surface area contributed by atoms with Crippen LogP contribution in [0.1, 0.15) is 0 Å². The second-order valence-electron chi connectivity index (χ2n) is 1.64. The Kier molecular flexibility index (Phi) is 3.02. The number of hydrogen-bond donors (Lipinski definition) is 0. The van der Waals surface area contributed by atoms with Crippen molar-refractivity contribution in [3.8, 4) is 0 Å². The summed E-state index contributed by atoms with van der Waals surface area (Å²) in [4.78, 5) is 1.17. The van der Waals surface area contributed by atoms with Crippen LogP contribution in [0.3, 0.4) is 0 Å². The first-order valence-electron chi connectivity index (χ1n) is 2.77. The van der Waals surface area contributed by atoms with Crippen molar-refractivity contribution in [2.45, 2.75) is 9.92 Å². The van der Waals surface area contributed by atoms with Gasteiger partial charge in [-0.2, -0.15) is 5.10 Å². The van der Waals surface area contributed by atoms with Crippen LogP contribution in [-0.4, -0.2) is 22.7 Å². The lowest BCUT2D eigenvalue weighted by atomic mass is 10.6. The minimum absolute atomic E-state index is 0.979. The molecule has 1 heterocycles. The fraction of sp³-hybridized carbons (Fsp3) is 0.333. The molecule has 0 fully saturated rings. The highest BCUT2D eigenvalue weighted by atomic mass is 32.2. The van der Waals surface area contributed by atoms with Crippen molar-refractivity contribution in [3.05, 3.63) is 12.3 Å². The van der Waals surface area contributed by atoms with Gasteiger partial charge in [0.15, 0.2) is 0 Å². The summed E-state index contributed by atoms with van der Waals surface area (Å²) in [6.07, 6.45) is 5.79. The molecule has 2 nitrogen and oxygen atoms in total. The van der Waals surface area contributed by atoms with Crippen LogP contribution < -0.4 is 0 Å². The average molecular weight is 172 g/mol. The summed E-state index contributed by atoms with van der Waals surface area (Å²) in [7, 11) is 0. The van der Waals surface area contributed by atoms with Gasteiger partial charge in [-0.25, -0.2) is 0 Å². The Morgan fingerprint density at radius 2 is 2.10 bits per heavy atom. The van der Waals surface area contributed by atoms with Gasteiger partial charge in [0.25, 0.3) is 0 Å². The summed E-state index contributed by atoms with van der Waals surface area (Å²) < 4.78 is 0. The Labute approximate surface area is 68.8 Å². The first-order valence-corrected chi connectivity index (χ1v) is 5.22. The Morgan fingerprint density at radius 3 is 2.70 bits per heavy atom. The zero-order chi connectivity index (χ0) is 7.40. The van der Waals surface area contributed by atoms with Gasteiger partial charge in [-0.3, -0.25) is 0 Å². The molecule has 10 heavy (non-hydrogen) atoms. The van der Waals surface area contributed by atoms with Crippen molar-refractivity contribution in [1.29, 1.82) is 0 Å². The number of thioether (sulfide) groups is 2. The van der Waals surface area contributed by atoms with Gasteiger partial charge in [-0.1, -0.05) is 0 Å². The number of aromatic nitrogens is 2. The maximum Gasteiger partial charge on any atom is 0.120 e. The monoisotopic (exact) mass is 172 g/mol. The molecule has 0 bridgehead atoms. The molecule has 1 aromatic rings. The molecule has 0 unspecified atom stereocenters. The van der Waals surface area contributed by atoms with Crippen LogP contribution >= 0.6 is 23.5 Å². The summed E-state index contributed by atoms with van der Waals surface area (Å²) in [6, 6.07) is 2.03. The predicted octanol–water partition coefficient (Wildman–Crippen LogP) is 1.92. The first-order chi connectivity index (χ1) is 4.86. The van der Waals surface area contributed by atoms with Crippen molar-refractivity contribution in [2.75, 3.05) is 12.5 Å². The topological polar surface area (TPSA) is 25.8 Å². The molecule has 0 amide bonds. The largest absolute Gasteiger partial charge is 0.157 e. The Morgan fingerprint density at radius 1 is 1.30 bits per heavy atom. The molecule has 1 aromatic heterocycles. The van der Waals surface area contributed by atoms with E-state index in [2.05, 4.69) is 10.2 Å². The first kappa shape index (κ1) is 7.88. The molecule has 0 saturated carbocycles. The molecule has 0 aliphatic rings. The van der Waals surface area contributed by atoms with Crippen LogP contribution in [0, 0.1) is 0 Å². The van der Waals surface area contributed by atoms with Gasteiger partial charge in [0.05, 0.1) is 6.20 Å². The van der Waals surface area contributed by atoms with Gasteiger partial charge in [0, 0.05) is 4.90 Å². The van der Waals surface area contributed by atoms with Crippen LogP contribution in [0.2, 0.25) is 0 Å². The van der Waals surface area contributed by atoms with E-state index >= 15 is 0 Å². The Balaban J connectivity index is 2.87. The third kappa shape index (κ3) is 1.88. The van der Waals surface area contributed by atoms with Crippen LogP contribution in [0.4, 0.5) is 0 Å². The molecule has 0 N–H and O–H groups in total. The molecule has 1 rings (SSSR count). The fourth-order valence-electron chi connectivity index (χ4n) is 0.542. The lowest BCUT2D eigenvalue weighted by Crippen LogP contribution is -1.83. The van der Waals surface area contributed by atoms with E-state index in [0.717, 1.165) is 5.03 Å². The summed E-state index contributed by atoms with van der Waals surface area (Å²) in [5, 5.41) is 8.72. The molecular weight excluding hydrogens is 164 g/mol. The zero-order valence-corrected chi connectivity index (χ0v) is 7.50. The molecule has 0 saturated heterocycles. The van der Waals surface area contributed by atoms with Crippen molar-refractivity contribution >= 4 is 23.5 Å². The molecule has 0 radical (unpaired) electrons. The van der Waals surface area contributed by atoms with E-state index in [1.807, 2.05) is 18.6 Å². The maximum absolute atomic E-state index is 3.91. The zero-order valence-electron chi connectivity index (χ0n) is 5.87. The van der Waals surface area contributed by atoms with Gasteiger partial charge in [-0.05, 0) is 18.6 Å². The Bertz CT molecular complexity index is 195. The third-order valence-corrected chi connectivity index (χ3v) is 2.36. The summed E-state index contributed by atoms with van der Waals surface area (Å²) in [5.74, 6) is 0. The fourth-order valence-corrected chi connectivity index (χ4v) is 1.37. The molecule has 54 valence electrons. The van der Waals surface area contributed by atoms with E-state index < -0.39 is 0 Å². The predicted molar refractivity (Wildman–Crippen MR) is 45.6 cm³/mol. The number of hydrogen-bond acceptors (Lipinski definition) is 4. The van der Waals surface area contributed by atoms with Crippen molar-refractivity contribution in [2.24, 2.45) is 0 Å². The van der Waals surface area contributed by atoms with Crippen molar-refractivity contribution in [3.63, 3.8) is 0 Å². The standard InChI is InChI=1S/C6H8N2S2/c1-9-5-3-6(10-2)8-7-4-5/h3-4H,1-2H3.